The summed E-state index contributed by atoms with van der Waals surface area (Å²) in [5.41, 5.74) is 2.30. The Morgan fingerprint density at radius 3 is 2.02 bits per heavy atom. The van der Waals surface area contributed by atoms with Gasteiger partial charge in [0.25, 0.3) is 30.4 Å². The Bertz CT molecular complexity index is 2090. The summed E-state index contributed by atoms with van der Waals surface area (Å²) in [7, 11) is -10.2. The van der Waals surface area contributed by atoms with Crippen LogP contribution in [0, 0.1) is 0 Å². The normalized spacial score (nSPS) is 21.8. The molecular formula is C34H45N2O12S3+. The molecule has 2 unspecified atom stereocenters. The second-order valence-corrected chi connectivity index (χ2v) is 17.2. The van der Waals surface area contributed by atoms with Crippen LogP contribution in [0.1, 0.15) is 44.2 Å². The van der Waals surface area contributed by atoms with E-state index in [0.717, 1.165) is 5.70 Å². The van der Waals surface area contributed by atoms with Gasteiger partial charge < -0.3 is 19.5 Å². The molecule has 2 aliphatic heterocycles. The van der Waals surface area contributed by atoms with Crippen molar-refractivity contribution in [1.82, 2.24) is 0 Å². The number of fused-ring (bicyclic) bond motifs is 2. The van der Waals surface area contributed by atoms with Crippen molar-refractivity contribution in [3.63, 3.8) is 0 Å². The molecule has 4 rings (SSSR count). The van der Waals surface area contributed by atoms with Gasteiger partial charge in [0.1, 0.15) is 6.61 Å². The predicted octanol–water partition coefficient (Wildman–Crippen LogP) is 3.65. The highest BCUT2D eigenvalue weighted by Crippen LogP contribution is 2.50. The highest BCUT2D eigenvalue weighted by molar-refractivity contribution is 7.86. The van der Waals surface area contributed by atoms with Crippen LogP contribution >= 0.6 is 0 Å². The predicted molar refractivity (Wildman–Crippen MR) is 192 cm³/mol. The Hall–Kier alpha value is -3.26. The van der Waals surface area contributed by atoms with Crippen LogP contribution in [0.3, 0.4) is 0 Å². The lowest BCUT2D eigenvalue weighted by molar-refractivity contribution is -0.441. The molecule has 2 aromatic carbocycles. The molecule has 51 heavy (non-hydrogen) atoms. The third kappa shape index (κ3) is 8.86. The molecule has 2 atom stereocenters. The van der Waals surface area contributed by atoms with Crippen LogP contribution < -0.4 is 4.90 Å². The van der Waals surface area contributed by atoms with E-state index in [2.05, 4.69) is 0 Å². The van der Waals surface area contributed by atoms with E-state index >= 15 is 0 Å². The molecule has 0 saturated carbocycles. The molecule has 2 aliphatic rings. The molecule has 2 aromatic rings. The average molecular weight is 770 g/mol. The fourth-order valence-electron chi connectivity index (χ4n) is 6.95. The maximum Gasteiger partial charge on any atom is 0.294 e. The molecule has 0 aromatic heterocycles. The summed E-state index contributed by atoms with van der Waals surface area (Å²) in [5.74, 6) is -0.501. The van der Waals surface area contributed by atoms with Crippen LogP contribution in [0.15, 0.2) is 82.3 Å². The van der Waals surface area contributed by atoms with E-state index in [1.165, 1.54) is 24.3 Å². The second-order valence-electron chi connectivity index (χ2n) is 12.8. The molecule has 0 bridgehead atoms. The van der Waals surface area contributed by atoms with Gasteiger partial charge in [0, 0.05) is 61.9 Å². The molecule has 280 valence electrons. The molecule has 0 radical (unpaired) electrons. The molecule has 14 nitrogen and oxygen atoms in total. The van der Waals surface area contributed by atoms with Gasteiger partial charge in [0.2, 0.25) is 5.69 Å². The first-order chi connectivity index (χ1) is 23.8. The number of benzene rings is 2. The molecular weight excluding hydrogens is 725 g/mol. The number of methoxy groups -OCH3 is 2. The molecule has 4 N–H and O–H groups in total. The van der Waals surface area contributed by atoms with Gasteiger partial charge in [-0.25, -0.2) is 0 Å². The highest BCUT2D eigenvalue weighted by atomic mass is 32.2. The monoisotopic (exact) mass is 769 g/mol. The first kappa shape index (κ1) is 40.5. The smallest absolute Gasteiger partial charge is 0.294 e. The first-order valence-electron chi connectivity index (χ1n) is 16.1. The largest absolute Gasteiger partial charge is 0.395 e. The summed E-state index contributed by atoms with van der Waals surface area (Å²) in [6, 6.07) is 8.60. The van der Waals surface area contributed by atoms with Gasteiger partial charge in [-0.15, -0.1) is 0 Å². The lowest BCUT2D eigenvalue weighted by atomic mass is 9.76. The van der Waals surface area contributed by atoms with Crippen LogP contribution in [0.25, 0.3) is 0 Å². The standard InChI is InChI=1S/C34H44N2O12S3/c1-33(15-8-22-49(38,39)40)27-23-25(50(41,42)43)12-14-30(27)36(18-21-48-4)31(33)9-6-5-7-10-32-34(2,16-20-47-3)28-24-26(51(44,45)46)11-13-29(28)35(32)17-19-37/h5-7,9-14,23-24,37H,8,15-22H2,1-4H3,(H2-,38,39,40,41,42,43,44,45,46)/p+1. The minimum Gasteiger partial charge on any atom is -0.395 e. The number of hydrogen-bond acceptors (Lipinski definition) is 10. The van der Waals surface area contributed by atoms with Crippen LogP contribution in [0.5, 0.6) is 0 Å². The third-order valence-corrected chi connectivity index (χ3v) is 12.0. The van der Waals surface area contributed by atoms with Crippen molar-refractivity contribution in [2.75, 3.05) is 57.8 Å². The maximum atomic E-state index is 12.1. The average Bonchev–Trinajstić information content (AvgIpc) is 3.41. The summed E-state index contributed by atoms with van der Waals surface area (Å²) in [6.45, 7) is 4.82. The molecule has 0 saturated heterocycles. The minimum atomic E-state index is -4.55. The maximum absolute atomic E-state index is 12.1. The highest BCUT2D eigenvalue weighted by Gasteiger charge is 2.48. The lowest BCUT2D eigenvalue weighted by Gasteiger charge is -2.30. The first-order valence-corrected chi connectivity index (χ1v) is 20.6. The van der Waals surface area contributed by atoms with Gasteiger partial charge in [-0.1, -0.05) is 18.2 Å². The van der Waals surface area contributed by atoms with Crippen molar-refractivity contribution in [3.8, 4) is 0 Å². The summed E-state index contributed by atoms with van der Waals surface area (Å²) in [6.07, 6.45) is 9.72. The Kier molecular flexibility index (Phi) is 12.5. The fraction of sp³-hybridized carbons (Fsp3) is 0.441. The van der Waals surface area contributed by atoms with Gasteiger partial charge in [-0.3, -0.25) is 13.7 Å². The summed E-state index contributed by atoms with van der Waals surface area (Å²) < 4.78 is 113. The Morgan fingerprint density at radius 2 is 1.43 bits per heavy atom. The zero-order chi connectivity index (χ0) is 37.8. The number of nitrogens with zero attached hydrogens (tertiary/aromatic N) is 2. The number of ether oxygens (including phenoxy) is 2. The second kappa shape index (κ2) is 15.8. The topological polar surface area (TPSA) is 208 Å². The Labute approximate surface area is 299 Å². The van der Waals surface area contributed by atoms with E-state index in [0.29, 0.717) is 54.4 Å². The van der Waals surface area contributed by atoms with Gasteiger partial charge in [-0.05, 0) is 75.1 Å². The van der Waals surface area contributed by atoms with E-state index in [4.69, 9.17) is 9.47 Å². The lowest BCUT2D eigenvalue weighted by Crippen LogP contribution is -2.32. The number of anilines is 1. The fourth-order valence-corrected chi connectivity index (χ4v) is 8.47. The van der Waals surface area contributed by atoms with Crippen LogP contribution in [0.2, 0.25) is 0 Å². The zero-order valence-electron chi connectivity index (χ0n) is 28.9. The van der Waals surface area contributed by atoms with Crippen molar-refractivity contribution < 1.29 is 58.1 Å². The Morgan fingerprint density at radius 1 is 0.804 bits per heavy atom. The number of aliphatic hydroxyl groups is 1. The number of aliphatic hydroxyl groups excluding tert-OH is 1. The van der Waals surface area contributed by atoms with Crippen LogP contribution in [-0.2, 0) is 50.7 Å². The van der Waals surface area contributed by atoms with Crippen molar-refractivity contribution in [3.05, 3.63) is 83.6 Å². The van der Waals surface area contributed by atoms with Gasteiger partial charge >= 0.3 is 0 Å². The van der Waals surface area contributed by atoms with Gasteiger partial charge in [0.15, 0.2) is 12.3 Å². The van der Waals surface area contributed by atoms with Crippen molar-refractivity contribution in [2.45, 2.75) is 53.7 Å². The number of β-amino-alcohol motifs (C(OH)–C–C–N with tert-alkyl or cyclic N) is 1. The van der Waals surface area contributed by atoms with Crippen LogP contribution in [-0.4, -0.2) is 107 Å². The number of allylic oxidation sites excluding steroid dienone is 6. The minimum absolute atomic E-state index is 0.0584. The molecule has 0 fully saturated rings. The van der Waals surface area contributed by atoms with E-state index in [-0.39, 0.29) is 35.8 Å². The van der Waals surface area contributed by atoms with Crippen molar-refractivity contribution in [2.24, 2.45) is 0 Å². The summed E-state index contributed by atoms with van der Waals surface area (Å²) in [4.78, 5) is 1.33. The third-order valence-electron chi connectivity index (χ3n) is 9.47. The van der Waals surface area contributed by atoms with Crippen LogP contribution in [0.4, 0.5) is 11.4 Å². The Balaban J connectivity index is 1.79. The number of hydrogen-bond donors (Lipinski definition) is 4. The van der Waals surface area contributed by atoms with Crippen molar-refractivity contribution >= 4 is 47.4 Å². The van der Waals surface area contributed by atoms with E-state index in [1.54, 1.807) is 44.6 Å². The van der Waals surface area contributed by atoms with Crippen molar-refractivity contribution in [1.29, 1.82) is 0 Å². The summed E-state index contributed by atoms with van der Waals surface area (Å²) >= 11 is 0. The quantitative estimate of drug-likeness (QED) is 0.103. The molecule has 2 heterocycles. The molecule has 0 amide bonds. The van der Waals surface area contributed by atoms with Gasteiger partial charge in [0.05, 0.1) is 27.6 Å². The zero-order valence-corrected chi connectivity index (χ0v) is 31.3. The van der Waals surface area contributed by atoms with E-state index in [9.17, 15) is 44.0 Å². The SMILES string of the molecule is COCC[N+]1=C(/C=C/C=C/C=C2/N(CCO)c3ccc(S(=O)(=O)O)cc3C2(C)CCOC)C(C)(CCCS(=O)(=O)O)c2cc(S(=O)(=O)O)ccc21. The molecule has 0 spiro atoms. The number of rotatable bonds is 17. The van der Waals surface area contributed by atoms with Gasteiger partial charge in [-0.2, -0.15) is 29.8 Å². The molecule has 0 aliphatic carbocycles. The van der Waals surface area contributed by atoms with E-state index < -0.39 is 46.9 Å². The summed E-state index contributed by atoms with van der Waals surface area (Å²) in [5, 5.41) is 9.94. The molecule has 17 heteroatoms. The van der Waals surface area contributed by atoms with E-state index in [1.807, 2.05) is 35.5 Å².